The first-order valence-electron chi connectivity index (χ1n) is 5.21. The zero-order valence-corrected chi connectivity index (χ0v) is 9.38. The summed E-state index contributed by atoms with van der Waals surface area (Å²) in [5.41, 5.74) is 2.16. The van der Waals surface area contributed by atoms with Crippen molar-refractivity contribution in [3.05, 3.63) is 35.7 Å². The van der Waals surface area contributed by atoms with E-state index in [0.29, 0.717) is 12.3 Å². The van der Waals surface area contributed by atoms with E-state index in [9.17, 15) is 4.79 Å². The third kappa shape index (κ3) is 2.34. The van der Waals surface area contributed by atoms with Gasteiger partial charge in [0.1, 0.15) is 5.82 Å². The van der Waals surface area contributed by atoms with Crippen LogP contribution in [0.3, 0.4) is 0 Å². The first-order chi connectivity index (χ1) is 8.24. The summed E-state index contributed by atoms with van der Waals surface area (Å²) < 4.78 is 6.98. The number of rotatable bonds is 4. The van der Waals surface area contributed by atoms with Gasteiger partial charge in [-0.1, -0.05) is 12.1 Å². The van der Waals surface area contributed by atoms with Crippen molar-refractivity contribution in [3.8, 4) is 0 Å². The maximum Gasteiger partial charge on any atom is 0.287 e. The smallest absolute Gasteiger partial charge is 0.287 e. The number of nitrogens with two attached hydrogens (primary N) is 1. The molecule has 0 saturated heterocycles. The lowest BCUT2D eigenvalue weighted by atomic mass is 10.3. The minimum absolute atomic E-state index is 0.167. The Bertz CT molecular complexity index is 516. The van der Waals surface area contributed by atoms with E-state index in [-0.39, 0.29) is 5.69 Å². The van der Waals surface area contributed by atoms with Crippen molar-refractivity contribution in [2.45, 2.75) is 19.9 Å². The van der Waals surface area contributed by atoms with Crippen LogP contribution in [0.1, 0.15) is 29.0 Å². The van der Waals surface area contributed by atoms with E-state index in [0.717, 1.165) is 12.2 Å². The van der Waals surface area contributed by atoms with Crippen molar-refractivity contribution in [3.63, 3.8) is 0 Å². The topological polar surface area (TPSA) is 99.0 Å². The van der Waals surface area contributed by atoms with Gasteiger partial charge in [0, 0.05) is 24.9 Å². The predicted octanol–water partition coefficient (Wildman–Crippen LogP) is 0.0853. The van der Waals surface area contributed by atoms with Gasteiger partial charge in [0.2, 0.25) is 0 Å². The molecule has 7 nitrogen and oxygen atoms in total. The average Bonchev–Trinajstić information content (AvgIpc) is 2.97. The number of hydrazine groups is 1. The summed E-state index contributed by atoms with van der Waals surface area (Å²) in [6.07, 6.45) is 4.41. The number of carbonyl (C=O) groups is 1. The molecule has 3 N–H and O–H groups in total. The van der Waals surface area contributed by atoms with Crippen molar-refractivity contribution in [2.75, 3.05) is 0 Å². The standard InChI is InChI=1S/C10H13N5O2/c1-2-9-12-3-4-15(9)6-7-5-8(14-17-7)10(16)13-11/h3-5H,2,6,11H2,1H3,(H,13,16). The van der Waals surface area contributed by atoms with Gasteiger partial charge < -0.3 is 9.09 Å². The molecule has 17 heavy (non-hydrogen) atoms. The number of nitrogen functional groups attached to an aromatic ring is 1. The number of nitrogens with zero attached hydrogens (tertiary/aromatic N) is 3. The van der Waals surface area contributed by atoms with Crippen LogP contribution in [-0.2, 0) is 13.0 Å². The van der Waals surface area contributed by atoms with Crippen molar-refractivity contribution < 1.29 is 9.32 Å². The Morgan fingerprint density at radius 3 is 3.18 bits per heavy atom. The second-order valence-corrected chi connectivity index (χ2v) is 3.48. The number of aromatic nitrogens is 3. The van der Waals surface area contributed by atoms with E-state index in [1.54, 1.807) is 12.3 Å². The quantitative estimate of drug-likeness (QED) is 0.444. The summed E-state index contributed by atoms with van der Waals surface area (Å²) in [6, 6.07) is 1.56. The van der Waals surface area contributed by atoms with Crippen LogP contribution in [0.25, 0.3) is 0 Å². The molecule has 0 aliphatic heterocycles. The Kier molecular flexibility index (Phi) is 3.20. The molecule has 2 aromatic heterocycles. The van der Waals surface area contributed by atoms with Crippen LogP contribution in [-0.4, -0.2) is 20.6 Å². The second kappa shape index (κ2) is 4.79. The average molecular weight is 235 g/mol. The minimum Gasteiger partial charge on any atom is -0.359 e. The third-order valence-corrected chi connectivity index (χ3v) is 2.37. The Morgan fingerprint density at radius 1 is 1.65 bits per heavy atom. The van der Waals surface area contributed by atoms with Crippen LogP contribution < -0.4 is 11.3 Å². The van der Waals surface area contributed by atoms with Crippen molar-refractivity contribution in [1.82, 2.24) is 20.1 Å². The number of imidazole rings is 1. The van der Waals surface area contributed by atoms with E-state index in [1.165, 1.54) is 0 Å². The third-order valence-electron chi connectivity index (χ3n) is 2.37. The van der Waals surface area contributed by atoms with Crippen LogP contribution in [0.15, 0.2) is 23.0 Å². The molecule has 0 radical (unpaired) electrons. The van der Waals surface area contributed by atoms with Crippen molar-refractivity contribution in [2.24, 2.45) is 5.84 Å². The molecular weight excluding hydrogens is 222 g/mol. The molecule has 7 heteroatoms. The number of hydrogen-bond acceptors (Lipinski definition) is 5. The molecule has 2 aromatic rings. The molecule has 0 aliphatic rings. The van der Waals surface area contributed by atoms with Gasteiger partial charge in [-0.2, -0.15) is 0 Å². The maximum absolute atomic E-state index is 11.2. The van der Waals surface area contributed by atoms with Crippen LogP contribution in [0.5, 0.6) is 0 Å². The molecule has 2 rings (SSSR count). The zero-order valence-electron chi connectivity index (χ0n) is 9.38. The van der Waals surface area contributed by atoms with Gasteiger partial charge in [0.15, 0.2) is 11.5 Å². The highest BCUT2D eigenvalue weighted by Gasteiger charge is 2.12. The Balaban J connectivity index is 2.14. The summed E-state index contributed by atoms with van der Waals surface area (Å²) in [5, 5.41) is 3.62. The summed E-state index contributed by atoms with van der Waals surface area (Å²) in [6.45, 7) is 2.51. The lowest BCUT2D eigenvalue weighted by Gasteiger charge is -2.01. The largest absolute Gasteiger partial charge is 0.359 e. The number of nitrogens with one attached hydrogen (secondary N) is 1. The van der Waals surface area contributed by atoms with Crippen LogP contribution >= 0.6 is 0 Å². The van der Waals surface area contributed by atoms with Gasteiger partial charge in [-0.3, -0.25) is 10.2 Å². The molecule has 90 valence electrons. The summed E-state index contributed by atoms with van der Waals surface area (Å²) in [4.78, 5) is 15.4. The summed E-state index contributed by atoms with van der Waals surface area (Å²) in [5.74, 6) is 6.06. The van der Waals surface area contributed by atoms with Gasteiger partial charge in [-0.25, -0.2) is 10.8 Å². The van der Waals surface area contributed by atoms with Gasteiger partial charge in [-0.15, -0.1) is 0 Å². The van der Waals surface area contributed by atoms with Crippen molar-refractivity contribution in [1.29, 1.82) is 0 Å². The van der Waals surface area contributed by atoms with E-state index in [1.807, 2.05) is 23.1 Å². The van der Waals surface area contributed by atoms with Gasteiger partial charge >= 0.3 is 0 Å². The molecular formula is C10H13N5O2. The lowest BCUT2D eigenvalue weighted by Crippen LogP contribution is -2.30. The fourth-order valence-electron chi connectivity index (χ4n) is 1.53. The van der Waals surface area contributed by atoms with Crippen LogP contribution in [0.2, 0.25) is 0 Å². The number of aryl methyl sites for hydroxylation is 1. The molecule has 1 amide bonds. The molecule has 0 spiro atoms. The maximum atomic E-state index is 11.2. The first-order valence-corrected chi connectivity index (χ1v) is 5.21. The van der Waals surface area contributed by atoms with Crippen LogP contribution in [0, 0.1) is 0 Å². The fourth-order valence-corrected chi connectivity index (χ4v) is 1.53. The Morgan fingerprint density at radius 2 is 2.47 bits per heavy atom. The molecule has 0 bridgehead atoms. The normalized spacial score (nSPS) is 10.5. The minimum atomic E-state index is -0.471. The number of carbonyl (C=O) groups excluding carboxylic acids is 1. The lowest BCUT2D eigenvalue weighted by molar-refractivity contribution is 0.0944. The van der Waals surface area contributed by atoms with E-state index in [4.69, 9.17) is 10.4 Å². The molecule has 0 unspecified atom stereocenters. The SMILES string of the molecule is CCc1nccn1Cc1cc(C(=O)NN)no1. The van der Waals surface area contributed by atoms with Gasteiger partial charge in [-0.05, 0) is 0 Å². The Hall–Kier alpha value is -2.15. The second-order valence-electron chi connectivity index (χ2n) is 3.48. The molecule has 0 atom stereocenters. The molecule has 0 fully saturated rings. The fraction of sp³-hybridized carbons (Fsp3) is 0.300. The highest BCUT2D eigenvalue weighted by Crippen LogP contribution is 2.08. The van der Waals surface area contributed by atoms with E-state index >= 15 is 0 Å². The predicted molar refractivity (Wildman–Crippen MR) is 58.9 cm³/mol. The van der Waals surface area contributed by atoms with Crippen LogP contribution in [0.4, 0.5) is 0 Å². The zero-order chi connectivity index (χ0) is 12.3. The van der Waals surface area contributed by atoms with E-state index < -0.39 is 5.91 Å². The first kappa shape index (κ1) is 11.3. The highest BCUT2D eigenvalue weighted by atomic mass is 16.5. The summed E-state index contributed by atoms with van der Waals surface area (Å²) >= 11 is 0. The molecule has 0 saturated carbocycles. The van der Waals surface area contributed by atoms with E-state index in [2.05, 4.69) is 10.1 Å². The Labute approximate surface area is 97.6 Å². The van der Waals surface area contributed by atoms with Gasteiger partial charge in [0.05, 0.1) is 6.54 Å². The molecule has 0 aromatic carbocycles. The number of amides is 1. The van der Waals surface area contributed by atoms with Crippen molar-refractivity contribution >= 4 is 5.91 Å². The van der Waals surface area contributed by atoms with Gasteiger partial charge in [0.25, 0.3) is 5.91 Å². The number of hydrogen-bond donors (Lipinski definition) is 2. The monoisotopic (exact) mass is 235 g/mol. The molecule has 2 heterocycles. The summed E-state index contributed by atoms with van der Waals surface area (Å²) in [7, 11) is 0. The molecule has 0 aliphatic carbocycles. The highest BCUT2D eigenvalue weighted by molar-refractivity contribution is 5.91.